The van der Waals surface area contributed by atoms with Gasteiger partial charge in [0, 0.05) is 18.7 Å². The van der Waals surface area contributed by atoms with Crippen LogP contribution in [-0.2, 0) is 26.2 Å². The van der Waals surface area contributed by atoms with Gasteiger partial charge in [-0.05, 0) is 31.0 Å². The molecule has 0 radical (unpaired) electrons. The highest BCUT2D eigenvalue weighted by Crippen LogP contribution is 2.33. The Morgan fingerprint density at radius 2 is 1.66 bits per heavy atom. The van der Waals surface area contributed by atoms with Crippen molar-refractivity contribution in [2.75, 3.05) is 13.1 Å². The normalized spacial score (nSPS) is 16.0. The molecule has 156 valence electrons. The number of benzene rings is 2. The molecule has 0 aliphatic carbocycles. The highest BCUT2D eigenvalue weighted by atomic mass is 35.5. The molecule has 2 aromatic rings. The molecule has 0 saturated carbocycles. The number of hydrogen-bond acceptors (Lipinski definition) is 4. The second-order valence-corrected chi connectivity index (χ2v) is 9.24. The molecule has 1 heterocycles. The minimum absolute atomic E-state index is 0.0242. The highest BCUT2D eigenvalue weighted by molar-refractivity contribution is 7.89. The summed E-state index contributed by atoms with van der Waals surface area (Å²) in [5.41, 5.74) is -0.0632. The van der Waals surface area contributed by atoms with Crippen molar-refractivity contribution in [3.8, 4) is 0 Å². The molecule has 1 aliphatic rings. The van der Waals surface area contributed by atoms with Gasteiger partial charge in [0.05, 0.1) is 16.0 Å². The lowest BCUT2D eigenvalue weighted by Gasteiger charge is -2.30. The van der Waals surface area contributed by atoms with Gasteiger partial charge in [0.2, 0.25) is 10.0 Å². The smallest absolute Gasteiger partial charge is 0.309 e. The number of rotatable bonds is 5. The monoisotopic (exact) mass is 463 g/mol. The fourth-order valence-electron chi connectivity index (χ4n) is 3.12. The molecular formula is C19H17Cl2F2NO4S. The van der Waals surface area contributed by atoms with E-state index in [1.165, 1.54) is 28.6 Å². The summed E-state index contributed by atoms with van der Waals surface area (Å²) in [6.07, 6.45) is 0.456. The SMILES string of the molecule is O=C(OCc1cccc(F)c1F)C1CCN(S(=O)(=O)c2c(Cl)cccc2Cl)CC1. The van der Waals surface area contributed by atoms with E-state index >= 15 is 0 Å². The van der Waals surface area contributed by atoms with Crippen molar-refractivity contribution < 1.29 is 26.7 Å². The van der Waals surface area contributed by atoms with Crippen molar-refractivity contribution in [3.63, 3.8) is 0 Å². The zero-order valence-corrected chi connectivity index (χ0v) is 17.4. The third kappa shape index (κ3) is 4.71. The van der Waals surface area contributed by atoms with Crippen LogP contribution in [0, 0.1) is 17.6 Å². The van der Waals surface area contributed by atoms with Gasteiger partial charge in [-0.1, -0.05) is 41.4 Å². The standard InChI is InChI=1S/C19H17Cl2F2NO4S/c20-14-4-2-5-15(21)18(14)29(26,27)24-9-7-12(8-10-24)19(25)28-11-13-3-1-6-16(22)17(13)23/h1-6,12H,7-11H2. The first kappa shape index (κ1) is 22.0. The van der Waals surface area contributed by atoms with Crippen LogP contribution in [0.3, 0.4) is 0 Å². The Hall–Kier alpha value is -1.74. The van der Waals surface area contributed by atoms with Gasteiger partial charge in [-0.2, -0.15) is 4.31 Å². The first-order chi connectivity index (χ1) is 13.7. The van der Waals surface area contributed by atoms with Gasteiger partial charge >= 0.3 is 5.97 Å². The molecule has 0 amide bonds. The molecule has 0 atom stereocenters. The molecule has 5 nitrogen and oxygen atoms in total. The minimum atomic E-state index is -3.91. The van der Waals surface area contributed by atoms with Crippen LogP contribution in [0.2, 0.25) is 10.0 Å². The average Bonchev–Trinajstić information content (AvgIpc) is 2.68. The number of hydrogen-bond donors (Lipinski definition) is 0. The Morgan fingerprint density at radius 1 is 1.07 bits per heavy atom. The molecule has 0 N–H and O–H groups in total. The fraction of sp³-hybridized carbons (Fsp3) is 0.316. The molecule has 29 heavy (non-hydrogen) atoms. The molecule has 2 aromatic carbocycles. The zero-order valence-electron chi connectivity index (χ0n) is 15.1. The maximum absolute atomic E-state index is 13.6. The molecule has 0 aromatic heterocycles. The number of ether oxygens (including phenoxy) is 1. The van der Waals surface area contributed by atoms with E-state index in [1.807, 2.05) is 0 Å². The van der Waals surface area contributed by atoms with Gasteiger partial charge in [0.1, 0.15) is 11.5 Å². The summed E-state index contributed by atoms with van der Waals surface area (Å²) < 4.78 is 58.9. The maximum Gasteiger partial charge on any atom is 0.309 e. The predicted octanol–water partition coefficient (Wildman–Crippen LogP) is 4.42. The van der Waals surface area contributed by atoms with E-state index in [2.05, 4.69) is 0 Å². The Bertz CT molecular complexity index is 1000. The number of carbonyl (C=O) groups is 1. The Morgan fingerprint density at radius 3 is 2.28 bits per heavy atom. The second-order valence-electron chi connectivity index (χ2n) is 6.55. The Balaban J connectivity index is 1.61. The molecule has 0 spiro atoms. The van der Waals surface area contributed by atoms with E-state index in [0.717, 1.165) is 6.07 Å². The quantitative estimate of drug-likeness (QED) is 0.615. The van der Waals surface area contributed by atoms with E-state index in [9.17, 15) is 22.0 Å². The van der Waals surface area contributed by atoms with Crippen molar-refractivity contribution in [2.24, 2.45) is 5.92 Å². The predicted molar refractivity (Wildman–Crippen MR) is 104 cm³/mol. The van der Waals surface area contributed by atoms with Gasteiger partial charge in [-0.25, -0.2) is 17.2 Å². The molecule has 0 unspecified atom stereocenters. The maximum atomic E-state index is 13.6. The molecule has 0 bridgehead atoms. The van der Waals surface area contributed by atoms with Gasteiger partial charge in [-0.15, -0.1) is 0 Å². The van der Waals surface area contributed by atoms with Crippen LogP contribution in [-0.4, -0.2) is 31.8 Å². The topological polar surface area (TPSA) is 63.7 Å². The van der Waals surface area contributed by atoms with Crippen molar-refractivity contribution in [1.82, 2.24) is 4.31 Å². The highest BCUT2D eigenvalue weighted by Gasteiger charge is 2.35. The lowest BCUT2D eigenvalue weighted by atomic mass is 9.98. The molecule has 10 heteroatoms. The van der Waals surface area contributed by atoms with E-state index in [0.29, 0.717) is 0 Å². The third-order valence-corrected chi connectivity index (χ3v) is 7.56. The van der Waals surface area contributed by atoms with Crippen LogP contribution in [0.1, 0.15) is 18.4 Å². The zero-order chi connectivity index (χ0) is 21.2. The molecule has 1 saturated heterocycles. The largest absolute Gasteiger partial charge is 0.460 e. The van der Waals surface area contributed by atoms with Crippen molar-refractivity contribution in [3.05, 3.63) is 63.6 Å². The summed E-state index contributed by atoms with van der Waals surface area (Å²) in [6.45, 7) is -0.230. The Labute approximate surface area is 177 Å². The van der Waals surface area contributed by atoms with Gasteiger partial charge < -0.3 is 4.74 Å². The number of nitrogens with zero attached hydrogens (tertiary/aromatic N) is 1. The summed E-state index contributed by atoms with van der Waals surface area (Å²) in [5, 5.41) is 0.0484. The van der Waals surface area contributed by atoms with E-state index in [1.54, 1.807) is 6.07 Å². The van der Waals surface area contributed by atoms with Crippen molar-refractivity contribution in [1.29, 1.82) is 0 Å². The van der Waals surface area contributed by atoms with Crippen LogP contribution in [0.25, 0.3) is 0 Å². The van der Waals surface area contributed by atoms with Crippen LogP contribution in [0.4, 0.5) is 8.78 Å². The molecule has 3 rings (SSSR count). The molecular weight excluding hydrogens is 447 g/mol. The summed E-state index contributed by atoms with van der Waals surface area (Å²) in [4.78, 5) is 12.1. The second kappa shape index (κ2) is 8.95. The first-order valence-electron chi connectivity index (χ1n) is 8.75. The first-order valence-corrected chi connectivity index (χ1v) is 10.9. The summed E-state index contributed by atoms with van der Waals surface area (Å²) >= 11 is 12.0. The van der Waals surface area contributed by atoms with Gasteiger partial charge in [-0.3, -0.25) is 4.79 Å². The summed E-state index contributed by atoms with van der Waals surface area (Å²) in [7, 11) is -3.91. The lowest BCUT2D eigenvalue weighted by Crippen LogP contribution is -2.40. The number of halogens is 4. The van der Waals surface area contributed by atoms with E-state index in [4.69, 9.17) is 27.9 Å². The van der Waals surface area contributed by atoms with Crippen molar-refractivity contribution in [2.45, 2.75) is 24.3 Å². The van der Waals surface area contributed by atoms with Crippen LogP contribution in [0.15, 0.2) is 41.3 Å². The van der Waals surface area contributed by atoms with Gasteiger partial charge in [0.25, 0.3) is 0 Å². The lowest BCUT2D eigenvalue weighted by molar-refractivity contribution is -0.151. The molecule has 1 aliphatic heterocycles. The minimum Gasteiger partial charge on any atom is -0.460 e. The van der Waals surface area contributed by atoms with Gasteiger partial charge in [0.15, 0.2) is 11.6 Å². The number of piperidine rings is 1. The van der Waals surface area contributed by atoms with Crippen LogP contribution < -0.4 is 0 Å². The number of esters is 1. The van der Waals surface area contributed by atoms with Crippen LogP contribution >= 0.6 is 23.2 Å². The van der Waals surface area contributed by atoms with Crippen molar-refractivity contribution >= 4 is 39.2 Å². The van der Waals surface area contributed by atoms with E-state index < -0.39 is 40.2 Å². The summed E-state index contributed by atoms with van der Waals surface area (Å²) in [6, 6.07) is 8.06. The number of carbonyl (C=O) groups excluding carboxylic acids is 1. The number of sulfonamides is 1. The Kier molecular flexibility index (Phi) is 6.78. The third-order valence-electron chi connectivity index (χ3n) is 4.71. The van der Waals surface area contributed by atoms with E-state index in [-0.39, 0.29) is 46.4 Å². The summed E-state index contributed by atoms with van der Waals surface area (Å²) in [5.74, 6) is -3.20. The fourth-order valence-corrected chi connectivity index (χ4v) is 5.68. The molecule has 1 fully saturated rings. The van der Waals surface area contributed by atoms with Crippen LogP contribution in [0.5, 0.6) is 0 Å². The average molecular weight is 464 g/mol.